The lowest BCUT2D eigenvalue weighted by Gasteiger charge is -2.24. The van der Waals surface area contributed by atoms with Crippen LogP contribution in [0.4, 0.5) is 0 Å². The molecule has 0 radical (unpaired) electrons. The number of esters is 1. The number of benzene rings is 1. The van der Waals surface area contributed by atoms with Crippen molar-refractivity contribution in [3.63, 3.8) is 0 Å². The van der Waals surface area contributed by atoms with E-state index in [0.29, 0.717) is 5.39 Å². The van der Waals surface area contributed by atoms with Crippen molar-refractivity contribution < 1.29 is 9.53 Å². The number of hydrogen-bond donors (Lipinski definition) is 0. The normalized spacial score (nSPS) is 13.2. The zero-order valence-corrected chi connectivity index (χ0v) is 12.2. The molecule has 0 spiro atoms. The monoisotopic (exact) mass is 273 g/mol. The van der Waals surface area contributed by atoms with Gasteiger partial charge >= 0.3 is 5.97 Å². The Balaban J connectivity index is 2.46. The summed E-state index contributed by atoms with van der Waals surface area (Å²) in [6.07, 6.45) is 1.64. The molecule has 0 bridgehead atoms. The Morgan fingerprint density at radius 2 is 1.85 bits per heavy atom. The summed E-state index contributed by atoms with van der Waals surface area (Å²) >= 11 is 0. The standard InChI is InChI=1S/C16H19NO3/c1-11(15(19)20-16(2,3)4)17-10-9-14(18)12-7-5-6-8-13(12)17/h5-11H,1-4H3. The Hall–Kier alpha value is -2.10. The minimum Gasteiger partial charge on any atom is -0.458 e. The highest BCUT2D eigenvalue weighted by molar-refractivity contribution is 5.82. The van der Waals surface area contributed by atoms with E-state index < -0.39 is 11.6 Å². The first-order valence-corrected chi connectivity index (χ1v) is 6.62. The highest BCUT2D eigenvalue weighted by Gasteiger charge is 2.23. The summed E-state index contributed by atoms with van der Waals surface area (Å²) in [5.74, 6) is -0.314. The quantitative estimate of drug-likeness (QED) is 0.790. The van der Waals surface area contributed by atoms with Crippen molar-refractivity contribution in [2.45, 2.75) is 39.3 Å². The molecule has 1 heterocycles. The number of rotatable bonds is 2. The second-order valence-corrected chi connectivity index (χ2v) is 5.81. The fourth-order valence-corrected chi connectivity index (χ4v) is 2.06. The van der Waals surface area contributed by atoms with Gasteiger partial charge < -0.3 is 9.30 Å². The Morgan fingerprint density at radius 3 is 2.50 bits per heavy atom. The van der Waals surface area contributed by atoms with Crippen molar-refractivity contribution in [1.29, 1.82) is 0 Å². The van der Waals surface area contributed by atoms with E-state index in [4.69, 9.17) is 4.74 Å². The lowest BCUT2D eigenvalue weighted by atomic mass is 10.1. The summed E-state index contributed by atoms with van der Waals surface area (Å²) in [4.78, 5) is 24.0. The molecule has 0 N–H and O–H groups in total. The van der Waals surface area contributed by atoms with Crippen molar-refractivity contribution >= 4 is 16.9 Å². The number of aromatic nitrogens is 1. The van der Waals surface area contributed by atoms with Crippen molar-refractivity contribution in [1.82, 2.24) is 4.57 Å². The van der Waals surface area contributed by atoms with Crippen LogP contribution in [-0.4, -0.2) is 16.1 Å². The topological polar surface area (TPSA) is 48.3 Å². The van der Waals surface area contributed by atoms with Gasteiger partial charge in [-0.2, -0.15) is 0 Å². The first kappa shape index (κ1) is 14.3. The molecule has 0 fully saturated rings. The molecule has 20 heavy (non-hydrogen) atoms. The van der Waals surface area contributed by atoms with Crippen molar-refractivity contribution in [3.05, 3.63) is 46.8 Å². The van der Waals surface area contributed by atoms with E-state index in [0.717, 1.165) is 5.52 Å². The zero-order valence-electron chi connectivity index (χ0n) is 12.2. The number of carbonyl (C=O) groups excluding carboxylic acids is 1. The molecule has 0 aliphatic carbocycles. The van der Waals surface area contributed by atoms with Gasteiger partial charge in [-0.1, -0.05) is 12.1 Å². The largest absolute Gasteiger partial charge is 0.458 e. The lowest BCUT2D eigenvalue weighted by Crippen LogP contribution is -2.29. The van der Waals surface area contributed by atoms with E-state index in [2.05, 4.69) is 0 Å². The number of ether oxygens (including phenoxy) is 1. The number of pyridine rings is 1. The summed E-state index contributed by atoms with van der Waals surface area (Å²) in [7, 11) is 0. The van der Waals surface area contributed by atoms with Crippen LogP contribution in [0.3, 0.4) is 0 Å². The third-order valence-corrected chi connectivity index (χ3v) is 3.00. The van der Waals surface area contributed by atoms with E-state index in [1.807, 2.05) is 39.0 Å². The molecule has 4 heteroatoms. The van der Waals surface area contributed by atoms with Gasteiger partial charge in [-0.25, -0.2) is 4.79 Å². The molecule has 0 saturated heterocycles. The molecule has 0 aliphatic rings. The smallest absolute Gasteiger partial charge is 0.329 e. The van der Waals surface area contributed by atoms with Gasteiger partial charge in [0.15, 0.2) is 5.43 Å². The maximum Gasteiger partial charge on any atom is 0.329 e. The maximum absolute atomic E-state index is 12.2. The SMILES string of the molecule is CC(C(=O)OC(C)(C)C)n1ccc(=O)c2ccccc21. The van der Waals surface area contributed by atoms with E-state index in [1.54, 1.807) is 23.8 Å². The van der Waals surface area contributed by atoms with Gasteiger partial charge in [0.1, 0.15) is 11.6 Å². The summed E-state index contributed by atoms with van der Waals surface area (Å²) in [6.45, 7) is 7.27. The fraction of sp³-hybridized carbons (Fsp3) is 0.375. The van der Waals surface area contributed by atoms with Gasteiger partial charge in [-0.3, -0.25) is 4.79 Å². The molecule has 2 rings (SSSR count). The molecular formula is C16H19NO3. The van der Waals surface area contributed by atoms with E-state index in [1.165, 1.54) is 6.07 Å². The number of fused-ring (bicyclic) bond motifs is 1. The molecule has 1 aromatic heterocycles. The highest BCUT2D eigenvalue weighted by Crippen LogP contribution is 2.19. The zero-order chi connectivity index (χ0) is 14.9. The van der Waals surface area contributed by atoms with Gasteiger partial charge in [0.25, 0.3) is 0 Å². The van der Waals surface area contributed by atoms with Crippen LogP contribution in [0, 0.1) is 0 Å². The molecule has 106 valence electrons. The molecule has 4 nitrogen and oxygen atoms in total. The van der Waals surface area contributed by atoms with Crippen LogP contribution in [0.5, 0.6) is 0 Å². The Kier molecular flexibility index (Phi) is 3.66. The molecule has 1 unspecified atom stereocenters. The average molecular weight is 273 g/mol. The minimum absolute atomic E-state index is 0.0479. The molecule has 1 aromatic carbocycles. The molecule has 0 saturated carbocycles. The van der Waals surface area contributed by atoms with Crippen LogP contribution in [0.25, 0.3) is 10.9 Å². The number of hydrogen-bond acceptors (Lipinski definition) is 3. The van der Waals surface area contributed by atoms with Gasteiger partial charge in [-0.15, -0.1) is 0 Å². The minimum atomic E-state index is -0.528. The van der Waals surface area contributed by atoms with Crippen LogP contribution in [-0.2, 0) is 9.53 Å². The van der Waals surface area contributed by atoms with E-state index in [9.17, 15) is 9.59 Å². The van der Waals surface area contributed by atoms with Gasteiger partial charge in [0.05, 0.1) is 5.52 Å². The van der Waals surface area contributed by atoms with Gasteiger partial charge in [0.2, 0.25) is 0 Å². The Morgan fingerprint density at radius 1 is 1.20 bits per heavy atom. The summed E-state index contributed by atoms with van der Waals surface area (Å²) < 4.78 is 7.16. The highest BCUT2D eigenvalue weighted by atomic mass is 16.6. The number of carbonyl (C=O) groups is 1. The third kappa shape index (κ3) is 2.90. The van der Waals surface area contributed by atoms with Gasteiger partial charge in [0, 0.05) is 17.6 Å². The average Bonchev–Trinajstić information content (AvgIpc) is 2.37. The lowest BCUT2D eigenvalue weighted by molar-refractivity contribution is -0.158. The van der Waals surface area contributed by atoms with Crippen LogP contribution in [0.1, 0.15) is 33.7 Å². The molecule has 0 amide bonds. The second kappa shape index (κ2) is 5.12. The first-order valence-electron chi connectivity index (χ1n) is 6.62. The molecular weight excluding hydrogens is 254 g/mol. The molecule has 2 aromatic rings. The third-order valence-electron chi connectivity index (χ3n) is 3.00. The predicted octanol–water partition coefficient (Wildman–Crippen LogP) is 2.90. The van der Waals surface area contributed by atoms with Crippen LogP contribution < -0.4 is 5.43 Å². The predicted molar refractivity (Wildman–Crippen MR) is 78.8 cm³/mol. The number of para-hydroxylation sites is 1. The Labute approximate surface area is 118 Å². The summed E-state index contributed by atoms with van der Waals surface area (Å²) in [5.41, 5.74) is 0.159. The fourth-order valence-electron chi connectivity index (χ4n) is 2.06. The van der Waals surface area contributed by atoms with E-state index in [-0.39, 0.29) is 11.4 Å². The Bertz CT molecular complexity index is 695. The number of nitrogens with zero attached hydrogens (tertiary/aromatic N) is 1. The first-order chi connectivity index (χ1) is 9.29. The molecule has 0 aliphatic heterocycles. The summed E-state index contributed by atoms with van der Waals surface area (Å²) in [6, 6.07) is 8.24. The summed E-state index contributed by atoms with van der Waals surface area (Å²) in [5, 5.41) is 0.602. The van der Waals surface area contributed by atoms with Crippen LogP contribution >= 0.6 is 0 Å². The van der Waals surface area contributed by atoms with Crippen molar-refractivity contribution in [2.24, 2.45) is 0 Å². The van der Waals surface area contributed by atoms with Crippen LogP contribution in [0.2, 0.25) is 0 Å². The van der Waals surface area contributed by atoms with Gasteiger partial charge in [-0.05, 0) is 39.8 Å². The molecule has 1 atom stereocenters. The maximum atomic E-state index is 12.2. The second-order valence-electron chi connectivity index (χ2n) is 5.81. The van der Waals surface area contributed by atoms with Crippen molar-refractivity contribution in [2.75, 3.05) is 0 Å². The van der Waals surface area contributed by atoms with E-state index >= 15 is 0 Å². The van der Waals surface area contributed by atoms with Crippen molar-refractivity contribution in [3.8, 4) is 0 Å². The van der Waals surface area contributed by atoms with Crippen LogP contribution in [0.15, 0.2) is 41.3 Å².